The van der Waals surface area contributed by atoms with Gasteiger partial charge in [-0.25, -0.2) is 19.5 Å². The van der Waals surface area contributed by atoms with Crippen molar-refractivity contribution in [3.05, 3.63) is 65.0 Å². The maximum absolute atomic E-state index is 12.0. The SMILES string of the molecule is Cc1nc2nc(C)c(CC3CCN(c4cnc(-c5ccc(CN6CCN(CC(=O)N(C)C)CC6)cc5)nc4)C3)c(C)n2n1. The van der Waals surface area contributed by atoms with Gasteiger partial charge in [-0.1, -0.05) is 24.3 Å². The van der Waals surface area contributed by atoms with Crippen LogP contribution in [0.25, 0.3) is 17.2 Å². The van der Waals surface area contributed by atoms with Gasteiger partial charge in [-0.2, -0.15) is 10.1 Å². The summed E-state index contributed by atoms with van der Waals surface area (Å²) in [5.41, 5.74) is 6.83. The number of likely N-dealkylation sites (N-methyl/N-ethyl adjacent to an activating group) is 1. The van der Waals surface area contributed by atoms with Crippen LogP contribution < -0.4 is 4.90 Å². The third-order valence-corrected chi connectivity index (χ3v) is 8.88. The summed E-state index contributed by atoms with van der Waals surface area (Å²) in [7, 11) is 3.63. The molecule has 2 aliphatic heterocycles. The lowest BCUT2D eigenvalue weighted by Gasteiger charge is -2.34. The van der Waals surface area contributed by atoms with E-state index in [0.717, 1.165) is 92.9 Å². The van der Waals surface area contributed by atoms with Crippen molar-refractivity contribution >= 4 is 17.4 Å². The van der Waals surface area contributed by atoms with Gasteiger partial charge >= 0.3 is 0 Å². The van der Waals surface area contributed by atoms with Gasteiger partial charge in [-0.05, 0) is 50.7 Å². The van der Waals surface area contributed by atoms with Gasteiger partial charge in [0.25, 0.3) is 5.78 Å². The fourth-order valence-electron chi connectivity index (χ4n) is 6.22. The van der Waals surface area contributed by atoms with E-state index in [2.05, 4.69) is 62.9 Å². The first-order valence-electron chi connectivity index (χ1n) is 15.2. The molecule has 0 saturated carbocycles. The molecule has 5 heterocycles. The van der Waals surface area contributed by atoms with Gasteiger partial charge in [0.15, 0.2) is 5.82 Å². The smallest absolute Gasteiger partial charge is 0.252 e. The Labute approximate surface area is 253 Å². The largest absolute Gasteiger partial charge is 0.369 e. The molecule has 0 aliphatic carbocycles. The summed E-state index contributed by atoms with van der Waals surface area (Å²) >= 11 is 0. The highest BCUT2D eigenvalue weighted by molar-refractivity contribution is 5.77. The molecule has 0 spiro atoms. The van der Waals surface area contributed by atoms with E-state index in [1.165, 1.54) is 11.1 Å². The van der Waals surface area contributed by atoms with Crippen molar-refractivity contribution in [1.29, 1.82) is 0 Å². The molecule has 11 heteroatoms. The van der Waals surface area contributed by atoms with Crippen molar-refractivity contribution in [3.8, 4) is 11.4 Å². The van der Waals surface area contributed by atoms with Crippen LogP contribution in [0.3, 0.4) is 0 Å². The number of carbonyl (C=O) groups is 1. The van der Waals surface area contributed by atoms with E-state index in [4.69, 9.17) is 15.0 Å². The molecule has 43 heavy (non-hydrogen) atoms. The molecule has 0 bridgehead atoms. The summed E-state index contributed by atoms with van der Waals surface area (Å²) in [6.45, 7) is 13.3. The molecule has 0 N–H and O–H groups in total. The summed E-state index contributed by atoms with van der Waals surface area (Å²) in [6, 6.07) is 8.59. The summed E-state index contributed by atoms with van der Waals surface area (Å²) in [5.74, 6) is 2.88. The number of aromatic nitrogens is 6. The highest BCUT2D eigenvalue weighted by Crippen LogP contribution is 2.28. The van der Waals surface area contributed by atoms with E-state index in [1.54, 1.807) is 4.90 Å². The molecule has 1 aromatic carbocycles. The van der Waals surface area contributed by atoms with Gasteiger partial charge in [-0.3, -0.25) is 14.6 Å². The van der Waals surface area contributed by atoms with Crippen LogP contribution in [0.1, 0.15) is 34.8 Å². The second-order valence-electron chi connectivity index (χ2n) is 12.2. The van der Waals surface area contributed by atoms with Crippen molar-refractivity contribution < 1.29 is 4.79 Å². The van der Waals surface area contributed by atoms with E-state index in [9.17, 15) is 4.79 Å². The first-order chi connectivity index (χ1) is 20.7. The van der Waals surface area contributed by atoms with Crippen LogP contribution in [-0.2, 0) is 17.8 Å². The van der Waals surface area contributed by atoms with Crippen LogP contribution in [0.2, 0.25) is 0 Å². The Morgan fingerprint density at radius 1 is 0.930 bits per heavy atom. The minimum absolute atomic E-state index is 0.166. The Bertz CT molecular complexity index is 1570. The highest BCUT2D eigenvalue weighted by atomic mass is 16.2. The summed E-state index contributed by atoms with van der Waals surface area (Å²) in [6.07, 6.45) is 6.02. The minimum Gasteiger partial charge on any atom is -0.369 e. The minimum atomic E-state index is 0.166. The van der Waals surface area contributed by atoms with Crippen LogP contribution in [0.5, 0.6) is 0 Å². The Balaban J connectivity index is 1.02. The number of carbonyl (C=O) groups excluding carboxylic acids is 1. The molecular weight excluding hydrogens is 540 g/mol. The molecule has 2 saturated heterocycles. The number of anilines is 1. The van der Waals surface area contributed by atoms with E-state index in [0.29, 0.717) is 18.2 Å². The first kappa shape index (κ1) is 29.1. The monoisotopic (exact) mass is 582 g/mol. The predicted octanol–water partition coefficient (Wildman–Crippen LogP) is 2.78. The number of fused-ring (bicyclic) bond motifs is 1. The quantitative estimate of drug-likeness (QED) is 0.311. The number of benzene rings is 1. The molecule has 1 amide bonds. The van der Waals surface area contributed by atoms with Crippen molar-refractivity contribution in [2.75, 3.05) is 64.8 Å². The molecule has 4 aromatic rings. The number of piperazine rings is 1. The Morgan fingerprint density at radius 2 is 1.63 bits per heavy atom. The van der Waals surface area contributed by atoms with E-state index >= 15 is 0 Å². The number of hydrogen-bond acceptors (Lipinski definition) is 9. The zero-order valence-electron chi connectivity index (χ0n) is 26.0. The number of hydrogen-bond donors (Lipinski definition) is 0. The van der Waals surface area contributed by atoms with Crippen LogP contribution in [0.4, 0.5) is 5.69 Å². The van der Waals surface area contributed by atoms with Crippen molar-refractivity contribution in [2.24, 2.45) is 5.92 Å². The average molecular weight is 583 g/mol. The second-order valence-corrected chi connectivity index (χ2v) is 12.2. The van der Waals surface area contributed by atoms with E-state index in [1.807, 2.05) is 37.9 Å². The lowest BCUT2D eigenvalue weighted by molar-refractivity contribution is -0.130. The zero-order chi connectivity index (χ0) is 30.1. The van der Waals surface area contributed by atoms with Gasteiger partial charge in [0, 0.05) is 76.9 Å². The highest BCUT2D eigenvalue weighted by Gasteiger charge is 2.26. The molecular formula is C32H42N10O. The normalized spacial score (nSPS) is 18.1. The Hall–Kier alpha value is -3.96. The number of amides is 1. The van der Waals surface area contributed by atoms with Crippen LogP contribution in [-0.4, -0.2) is 110 Å². The van der Waals surface area contributed by atoms with E-state index in [-0.39, 0.29) is 5.91 Å². The molecule has 6 rings (SSSR count). The average Bonchev–Trinajstić information content (AvgIpc) is 3.63. The number of rotatable bonds is 8. The molecule has 3 aromatic heterocycles. The maximum Gasteiger partial charge on any atom is 0.252 e. The zero-order valence-corrected chi connectivity index (χ0v) is 26.0. The third kappa shape index (κ3) is 6.52. The predicted molar refractivity (Wildman–Crippen MR) is 167 cm³/mol. The third-order valence-electron chi connectivity index (χ3n) is 8.88. The number of aryl methyl sites for hydroxylation is 3. The molecule has 2 fully saturated rings. The van der Waals surface area contributed by atoms with E-state index < -0.39 is 0 Å². The molecule has 1 unspecified atom stereocenters. The van der Waals surface area contributed by atoms with Crippen molar-refractivity contribution in [1.82, 2.24) is 44.2 Å². The van der Waals surface area contributed by atoms with Gasteiger partial charge in [0.2, 0.25) is 5.91 Å². The molecule has 11 nitrogen and oxygen atoms in total. The topological polar surface area (TPSA) is 98.9 Å². The number of nitrogens with zero attached hydrogens (tertiary/aromatic N) is 10. The fraction of sp³-hybridized carbons (Fsp3) is 0.500. The van der Waals surface area contributed by atoms with Gasteiger partial charge < -0.3 is 9.80 Å². The van der Waals surface area contributed by atoms with Gasteiger partial charge in [0.05, 0.1) is 24.6 Å². The summed E-state index contributed by atoms with van der Waals surface area (Å²) in [4.78, 5) is 39.3. The van der Waals surface area contributed by atoms with Gasteiger partial charge in [0.1, 0.15) is 5.82 Å². The van der Waals surface area contributed by atoms with Crippen LogP contribution in [0.15, 0.2) is 36.7 Å². The lowest BCUT2D eigenvalue weighted by Crippen LogP contribution is -2.48. The molecule has 1 atom stereocenters. The second kappa shape index (κ2) is 12.3. The molecule has 2 aliphatic rings. The molecule has 0 radical (unpaired) electrons. The van der Waals surface area contributed by atoms with Crippen LogP contribution in [0, 0.1) is 26.7 Å². The van der Waals surface area contributed by atoms with Crippen molar-refractivity contribution in [3.63, 3.8) is 0 Å². The molecule has 226 valence electrons. The maximum atomic E-state index is 12.0. The summed E-state index contributed by atoms with van der Waals surface area (Å²) < 4.78 is 1.88. The Kier molecular flexibility index (Phi) is 8.36. The van der Waals surface area contributed by atoms with Crippen molar-refractivity contribution in [2.45, 2.75) is 40.2 Å². The van der Waals surface area contributed by atoms with Gasteiger partial charge in [-0.15, -0.1) is 0 Å². The standard InChI is InChI=1S/C32H42N10O/c1-22-29(23(2)42-32(35-22)36-24(3)37-42)16-26-10-11-41(20-26)28-17-33-31(34-18-28)27-8-6-25(7-9-27)19-39-12-14-40(15-13-39)21-30(43)38(4)5/h6-9,17-18,26H,10-16,19-21H2,1-5H3. The summed E-state index contributed by atoms with van der Waals surface area (Å²) in [5, 5.41) is 4.53. The Morgan fingerprint density at radius 3 is 2.33 bits per heavy atom. The first-order valence-corrected chi connectivity index (χ1v) is 15.2. The lowest BCUT2D eigenvalue weighted by atomic mass is 9.96. The fourth-order valence-corrected chi connectivity index (χ4v) is 6.22. The van der Waals surface area contributed by atoms with Crippen LogP contribution >= 0.6 is 0 Å².